The van der Waals surface area contributed by atoms with Crippen LogP contribution in [0, 0.1) is 5.92 Å². The van der Waals surface area contributed by atoms with Crippen molar-refractivity contribution in [1.82, 2.24) is 10.8 Å². The van der Waals surface area contributed by atoms with Gasteiger partial charge < -0.3 is 11.1 Å². The number of nitrogens with two attached hydrogens (primary N) is 1. The fourth-order valence-corrected chi connectivity index (χ4v) is 0.720. The summed E-state index contributed by atoms with van der Waals surface area (Å²) in [4.78, 5) is 14.8. The third kappa shape index (κ3) is 7.35. The fourth-order valence-electron chi connectivity index (χ4n) is 0.720. The Balaban J connectivity index is 3.54. The average Bonchev–Trinajstić information content (AvgIpc) is 2.14. The number of rotatable bonds is 5. The molecule has 0 aliphatic heterocycles. The van der Waals surface area contributed by atoms with Crippen LogP contribution in [-0.4, -0.2) is 30.2 Å². The van der Waals surface area contributed by atoms with Crippen molar-refractivity contribution in [2.24, 2.45) is 16.6 Å². The smallest absolute Gasteiger partial charge is 0.221 e. The lowest BCUT2D eigenvalue weighted by molar-refractivity contribution is -0.121. The monoisotopic (exact) mass is 202 g/mol. The zero-order chi connectivity index (χ0) is 11.0. The molecule has 82 valence electrons. The van der Waals surface area contributed by atoms with E-state index in [0.717, 1.165) is 0 Å². The van der Waals surface area contributed by atoms with E-state index in [0.29, 0.717) is 12.5 Å². The molecule has 0 aliphatic rings. The Hall–Kier alpha value is -1.30. The summed E-state index contributed by atoms with van der Waals surface area (Å²) in [5.74, 6) is 0.293. The zero-order valence-corrected chi connectivity index (χ0v) is 8.58. The molecule has 0 bridgehead atoms. The highest BCUT2D eigenvalue weighted by molar-refractivity contribution is 5.78. The first-order valence-electron chi connectivity index (χ1n) is 4.53. The van der Waals surface area contributed by atoms with Crippen molar-refractivity contribution in [2.45, 2.75) is 20.3 Å². The number of hydroxylamine groups is 1. The van der Waals surface area contributed by atoms with Crippen molar-refractivity contribution < 1.29 is 10.0 Å². The molecule has 0 heterocycles. The number of hydrogen-bond donors (Lipinski definition) is 4. The average molecular weight is 202 g/mol. The summed E-state index contributed by atoms with van der Waals surface area (Å²) in [6.45, 7) is 4.97. The Bertz CT molecular complexity index is 204. The number of amides is 1. The molecule has 14 heavy (non-hydrogen) atoms. The predicted octanol–water partition coefficient (Wildman–Crippen LogP) is -0.558. The maximum atomic E-state index is 11.1. The minimum Gasteiger partial charge on any atom is -0.368 e. The maximum Gasteiger partial charge on any atom is 0.221 e. The number of aliphatic imine (C=N–C) groups is 1. The van der Waals surface area contributed by atoms with Gasteiger partial charge in [0.05, 0.1) is 6.54 Å². The third-order valence-electron chi connectivity index (χ3n) is 1.44. The van der Waals surface area contributed by atoms with Crippen molar-refractivity contribution in [2.75, 3.05) is 13.1 Å². The molecule has 0 spiro atoms. The van der Waals surface area contributed by atoms with Crippen molar-refractivity contribution in [3.8, 4) is 0 Å². The van der Waals surface area contributed by atoms with E-state index >= 15 is 0 Å². The van der Waals surface area contributed by atoms with E-state index in [9.17, 15) is 4.79 Å². The molecule has 0 aliphatic carbocycles. The van der Waals surface area contributed by atoms with Crippen molar-refractivity contribution in [3.63, 3.8) is 0 Å². The Morgan fingerprint density at radius 2 is 2.21 bits per heavy atom. The Labute approximate surface area is 83.5 Å². The standard InChI is InChI=1S/C8H18N4O2/c1-6(2)5-11-7(13)3-4-10-8(9)12-14/h6,14H,3-5H2,1-2H3,(H,11,13)(H3,9,10,12). The molecule has 5 N–H and O–H groups in total. The normalized spacial score (nSPS) is 11.6. The van der Waals surface area contributed by atoms with Crippen LogP contribution in [0.1, 0.15) is 20.3 Å². The molecule has 0 unspecified atom stereocenters. The van der Waals surface area contributed by atoms with Crippen LogP contribution >= 0.6 is 0 Å². The molecule has 0 aromatic carbocycles. The van der Waals surface area contributed by atoms with E-state index in [2.05, 4.69) is 10.3 Å². The summed E-state index contributed by atoms with van der Waals surface area (Å²) in [6, 6.07) is 0. The van der Waals surface area contributed by atoms with Crippen LogP contribution in [-0.2, 0) is 4.79 Å². The first-order valence-corrected chi connectivity index (χ1v) is 4.53. The van der Waals surface area contributed by atoms with E-state index in [1.807, 2.05) is 13.8 Å². The van der Waals surface area contributed by atoms with Gasteiger partial charge in [0.15, 0.2) is 0 Å². The molecule has 0 fully saturated rings. The highest BCUT2D eigenvalue weighted by Crippen LogP contribution is 1.88. The second-order valence-corrected chi connectivity index (χ2v) is 3.33. The highest BCUT2D eigenvalue weighted by Gasteiger charge is 2.01. The van der Waals surface area contributed by atoms with Crippen LogP contribution < -0.4 is 16.5 Å². The minimum atomic E-state index is -0.0818. The van der Waals surface area contributed by atoms with Gasteiger partial charge in [-0.2, -0.15) is 0 Å². The summed E-state index contributed by atoms with van der Waals surface area (Å²) in [6.07, 6.45) is 0.273. The van der Waals surface area contributed by atoms with Gasteiger partial charge in [-0.25, -0.2) is 5.48 Å². The van der Waals surface area contributed by atoms with Gasteiger partial charge in [0.2, 0.25) is 11.9 Å². The highest BCUT2D eigenvalue weighted by atomic mass is 16.5. The van der Waals surface area contributed by atoms with Gasteiger partial charge >= 0.3 is 0 Å². The van der Waals surface area contributed by atoms with Crippen LogP contribution in [0.25, 0.3) is 0 Å². The predicted molar refractivity (Wildman–Crippen MR) is 53.9 cm³/mol. The molecule has 1 amide bonds. The molecular formula is C8H18N4O2. The molecular weight excluding hydrogens is 184 g/mol. The molecule has 0 aromatic rings. The quantitative estimate of drug-likeness (QED) is 0.273. The van der Waals surface area contributed by atoms with Crippen LogP contribution in [0.3, 0.4) is 0 Å². The SMILES string of the molecule is CC(C)CNC(=O)CCN=C(N)NO. The largest absolute Gasteiger partial charge is 0.368 e. The van der Waals surface area contributed by atoms with Crippen molar-refractivity contribution in [3.05, 3.63) is 0 Å². The molecule has 0 rings (SSSR count). The molecule has 0 saturated heterocycles. The van der Waals surface area contributed by atoms with Gasteiger partial charge in [-0.3, -0.25) is 15.0 Å². The number of carbonyl (C=O) groups excluding carboxylic acids is 1. The second kappa shape index (κ2) is 7.14. The van der Waals surface area contributed by atoms with Crippen molar-refractivity contribution in [1.29, 1.82) is 0 Å². The summed E-state index contributed by atoms with van der Waals surface area (Å²) in [7, 11) is 0. The van der Waals surface area contributed by atoms with Gasteiger partial charge in [-0.1, -0.05) is 13.8 Å². The summed E-state index contributed by atoms with van der Waals surface area (Å²) >= 11 is 0. The lowest BCUT2D eigenvalue weighted by Crippen LogP contribution is -2.30. The molecule has 6 heteroatoms. The fraction of sp³-hybridized carbons (Fsp3) is 0.750. The summed E-state index contributed by atoms with van der Waals surface area (Å²) in [5.41, 5.74) is 6.82. The first-order chi connectivity index (χ1) is 6.56. The Morgan fingerprint density at radius 1 is 1.57 bits per heavy atom. The molecule has 0 aromatic heterocycles. The van der Waals surface area contributed by atoms with E-state index in [1.54, 1.807) is 5.48 Å². The van der Waals surface area contributed by atoms with Crippen LogP contribution in [0.15, 0.2) is 4.99 Å². The van der Waals surface area contributed by atoms with Crippen LogP contribution in [0.4, 0.5) is 0 Å². The lowest BCUT2D eigenvalue weighted by Gasteiger charge is -2.06. The van der Waals surface area contributed by atoms with E-state index in [4.69, 9.17) is 10.9 Å². The Morgan fingerprint density at radius 3 is 2.71 bits per heavy atom. The minimum absolute atomic E-state index is 0.0619. The second-order valence-electron chi connectivity index (χ2n) is 3.33. The molecule has 0 saturated carbocycles. The van der Waals surface area contributed by atoms with Gasteiger partial charge in [0.1, 0.15) is 0 Å². The third-order valence-corrected chi connectivity index (χ3v) is 1.44. The van der Waals surface area contributed by atoms with Gasteiger partial charge in [0.25, 0.3) is 0 Å². The van der Waals surface area contributed by atoms with Gasteiger partial charge in [0, 0.05) is 13.0 Å². The van der Waals surface area contributed by atoms with Gasteiger partial charge in [-0.05, 0) is 5.92 Å². The van der Waals surface area contributed by atoms with Crippen LogP contribution in [0.5, 0.6) is 0 Å². The van der Waals surface area contributed by atoms with Crippen LogP contribution in [0.2, 0.25) is 0 Å². The lowest BCUT2D eigenvalue weighted by atomic mass is 10.2. The Kier molecular flexibility index (Phi) is 6.47. The van der Waals surface area contributed by atoms with Gasteiger partial charge in [-0.15, -0.1) is 0 Å². The maximum absolute atomic E-state index is 11.1. The topological polar surface area (TPSA) is 99.7 Å². The van der Waals surface area contributed by atoms with E-state index in [1.165, 1.54) is 0 Å². The first kappa shape index (κ1) is 12.7. The number of guanidine groups is 1. The molecule has 0 atom stereocenters. The van der Waals surface area contributed by atoms with Crippen molar-refractivity contribution >= 4 is 11.9 Å². The zero-order valence-electron chi connectivity index (χ0n) is 8.58. The van der Waals surface area contributed by atoms with E-state index < -0.39 is 0 Å². The number of carbonyl (C=O) groups is 1. The summed E-state index contributed by atoms with van der Waals surface area (Å²) in [5, 5.41) is 11.0. The summed E-state index contributed by atoms with van der Waals surface area (Å²) < 4.78 is 0. The molecule has 0 radical (unpaired) electrons. The number of nitrogens with one attached hydrogen (secondary N) is 2. The number of nitrogens with zero attached hydrogens (tertiary/aromatic N) is 1. The van der Waals surface area contributed by atoms with E-state index in [-0.39, 0.29) is 24.8 Å². The molecule has 6 nitrogen and oxygen atoms in total. The number of hydrogen-bond acceptors (Lipinski definition) is 3.